The normalized spacial score (nSPS) is 11.7. The number of unbranched alkanes of at least 4 members (excludes halogenated alkanes) is 5. The SMILES string of the molecule is CCCCCCCCOC(CC)(CC)CC(N)=O. The van der Waals surface area contributed by atoms with Gasteiger partial charge in [-0.2, -0.15) is 0 Å². The van der Waals surface area contributed by atoms with Crippen molar-refractivity contribution in [2.75, 3.05) is 6.61 Å². The van der Waals surface area contributed by atoms with Crippen LogP contribution in [0.5, 0.6) is 0 Å². The Morgan fingerprint density at radius 2 is 1.56 bits per heavy atom. The molecule has 0 fully saturated rings. The number of nitrogens with two attached hydrogens (primary N) is 1. The lowest BCUT2D eigenvalue weighted by molar-refractivity contribution is -0.127. The fourth-order valence-electron chi connectivity index (χ4n) is 2.24. The maximum Gasteiger partial charge on any atom is 0.220 e. The molecule has 3 heteroatoms. The van der Waals surface area contributed by atoms with Crippen LogP contribution >= 0.6 is 0 Å². The minimum Gasteiger partial charge on any atom is -0.374 e. The quantitative estimate of drug-likeness (QED) is 0.541. The highest BCUT2D eigenvalue weighted by molar-refractivity contribution is 5.74. The monoisotopic (exact) mass is 257 g/mol. The Kier molecular flexibility index (Phi) is 10.0. The summed E-state index contributed by atoms with van der Waals surface area (Å²) in [6, 6.07) is 0. The van der Waals surface area contributed by atoms with Crippen molar-refractivity contribution in [1.29, 1.82) is 0 Å². The van der Waals surface area contributed by atoms with Crippen LogP contribution in [-0.2, 0) is 9.53 Å². The fraction of sp³-hybridized carbons (Fsp3) is 0.933. The topological polar surface area (TPSA) is 52.3 Å². The molecule has 0 aromatic heterocycles. The molecule has 0 aromatic carbocycles. The van der Waals surface area contributed by atoms with Gasteiger partial charge in [0.15, 0.2) is 0 Å². The molecular formula is C15H31NO2. The molecule has 0 heterocycles. The van der Waals surface area contributed by atoms with Gasteiger partial charge in [0.25, 0.3) is 0 Å². The van der Waals surface area contributed by atoms with E-state index in [0.717, 1.165) is 25.9 Å². The Labute approximate surface area is 112 Å². The summed E-state index contributed by atoms with van der Waals surface area (Å²) in [6.07, 6.45) is 9.58. The van der Waals surface area contributed by atoms with Gasteiger partial charge in [-0.3, -0.25) is 4.79 Å². The van der Waals surface area contributed by atoms with Crippen LogP contribution in [-0.4, -0.2) is 18.1 Å². The zero-order valence-corrected chi connectivity index (χ0v) is 12.5. The molecule has 0 unspecified atom stereocenters. The van der Waals surface area contributed by atoms with Crippen LogP contribution in [0.4, 0.5) is 0 Å². The Hall–Kier alpha value is -0.570. The van der Waals surface area contributed by atoms with Gasteiger partial charge < -0.3 is 10.5 Å². The van der Waals surface area contributed by atoms with Crippen LogP contribution in [0, 0.1) is 0 Å². The zero-order chi connectivity index (χ0) is 13.9. The maximum atomic E-state index is 11.1. The van der Waals surface area contributed by atoms with E-state index in [-0.39, 0.29) is 11.5 Å². The molecule has 0 aliphatic heterocycles. The van der Waals surface area contributed by atoms with Crippen molar-refractivity contribution < 1.29 is 9.53 Å². The molecule has 0 saturated carbocycles. The van der Waals surface area contributed by atoms with E-state index < -0.39 is 0 Å². The second-order valence-corrected chi connectivity index (χ2v) is 5.15. The highest BCUT2D eigenvalue weighted by Gasteiger charge is 2.28. The van der Waals surface area contributed by atoms with E-state index in [1.54, 1.807) is 0 Å². The van der Waals surface area contributed by atoms with E-state index in [2.05, 4.69) is 20.8 Å². The van der Waals surface area contributed by atoms with Crippen LogP contribution in [0.1, 0.15) is 78.6 Å². The van der Waals surface area contributed by atoms with Crippen LogP contribution < -0.4 is 5.73 Å². The summed E-state index contributed by atoms with van der Waals surface area (Å²) in [5.41, 5.74) is 4.97. The standard InChI is InChI=1S/C15H31NO2/c1-4-7-8-9-10-11-12-18-15(5-2,6-3)13-14(16)17/h4-13H2,1-3H3,(H2,16,17). The average Bonchev–Trinajstić information content (AvgIpc) is 2.36. The Bertz CT molecular complexity index is 213. The van der Waals surface area contributed by atoms with Gasteiger partial charge in [-0.1, -0.05) is 52.9 Å². The molecular weight excluding hydrogens is 226 g/mol. The van der Waals surface area contributed by atoms with Crippen molar-refractivity contribution in [3.8, 4) is 0 Å². The lowest BCUT2D eigenvalue weighted by atomic mass is 9.92. The van der Waals surface area contributed by atoms with E-state index in [4.69, 9.17) is 10.5 Å². The molecule has 18 heavy (non-hydrogen) atoms. The Balaban J connectivity index is 3.80. The molecule has 0 aromatic rings. The molecule has 0 rings (SSSR count). The third-order valence-electron chi connectivity index (χ3n) is 3.69. The Morgan fingerprint density at radius 1 is 1.00 bits per heavy atom. The summed E-state index contributed by atoms with van der Waals surface area (Å²) in [6.45, 7) is 7.10. The van der Waals surface area contributed by atoms with Crippen molar-refractivity contribution in [2.45, 2.75) is 84.2 Å². The van der Waals surface area contributed by atoms with Crippen molar-refractivity contribution >= 4 is 5.91 Å². The molecule has 0 atom stereocenters. The molecule has 0 aliphatic carbocycles. The first-order chi connectivity index (χ1) is 8.60. The highest BCUT2D eigenvalue weighted by atomic mass is 16.5. The number of carbonyl (C=O) groups excluding carboxylic acids is 1. The van der Waals surface area contributed by atoms with Gasteiger partial charge >= 0.3 is 0 Å². The maximum absolute atomic E-state index is 11.1. The molecule has 108 valence electrons. The number of carbonyl (C=O) groups is 1. The second-order valence-electron chi connectivity index (χ2n) is 5.15. The molecule has 0 spiro atoms. The Morgan fingerprint density at radius 3 is 2.06 bits per heavy atom. The lowest BCUT2D eigenvalue weighted by Crippen LogP contribution is -2.36. The lowest BCUT2D eigenvalue weighted by Gasteiger charge is -2.30. The van der Waals surface area contributed by atoms with Crippen LogP contribution in [0.15, 0.2) is 0 Å². The first-order valence-electron chi connectivity index (χ1n) is 7.52. The van der Waals surface area contributed by atoms with Gasteiger partial charge in [-0.25, -0.2) is 0 Å². The number of amides is 1. The minimum atomic E-state index is -0.324. The molecule has 1 amide bonds. The third-order valence-corrected chi connectivity index (χ3v) is 3.69. The number of primary amides is 1. The van der Waals surface area contributed by atoms with E-state index in [1.165, 1.54) is 32.1 Å². The van der Waals surface area contributed by atoms with Gasteiger partial charge in [0.1, 0.15) is 0 Å². The van der Waals surface area contributed by atoms with Crippen LogP contribution in [0.2, 0.25) is 0 Å². The zero-order valence-electron chi connectivity index (χ0n) is 12.5. The van der Waals surface area contributed by atoms with Crippen molar-refractivity contribution in [3.05, 3.63) is 0 Å². The smallest absolute Gasteiger partial charge is 0.220 e. The van der Waals surface area contributed by atoms with Crippen LogP contribution in [0.3, 0.4) is 0 Å². The number of rotatable bonds is 12. The molecule has 2 N–H and O–H groups in total. The van der Waals surface area contributed by atoms with Crippen molar-refractivity contribution in [2.24, 2.45) is 5.73 Å². The summed E-state index contributed by atoms with van der Waals surface area (Å²) in [5, 5.41) is 0. The highest BCUT2D eigenvalue weighted by Crippen LogP contribution is 2.25. The minimum absolute atomic E-state index is 0.262. The summed E-state index contributed by atoms with van der Waals surface area (Å²) >= 11 is 0. The van der Waals surface area contributed by atoms with Crippen molar-refractivity contribution in [1.82, 2.24) is 0 Å². The first kappa shape index (κ1) is 17.4. The molecule has 0 bridgehead atoms. The van der Waals surface area contributed by atoms with E-state index in [1.807, 2.05) is 0 Å². The third kappa shape index (κ3) is 7.70. The summed E-state index contributed by atoms with van der Waals surface area (Å²) in [7, 11) is 0. The predicted molar refractivity (Wildman–Crippen MR) is 76.5 cm³/mol. The van der Waals surface area contributed by atoms with Gasteiger partial charge in [-0.05, 0) is 19.3 Å². The molecule has 0 saturated heterocycles. The van der Waals surface area contributed by atoms with E-state index in [0.29, 0.717) is 6.42 Å². The van der Waals surface area contributed by atoms with Gasteiger partial charge in [0.2, 0.25) is 5.91 Å². The molecule has 0 radical (unpaired) electrons. The number of hydrogen-bond acceptors (Lipinski definition) is 2. The largest absolute Gasteiger partial charge is 0.374 e. The first-order valence-corrected chi connectivity index (χ1v) is 7.52. The van der Waals surface area contributed by atoms with E-state index >= 15 is 0 Å². The van der Waals surface area contributed by atoms with Crippen LogP contribution in [0.25, 0.3) is 0 Å². The molecule has 3 nitrogen and oxygen atoms in total. The van der Waals surface area contributed by atoms with Gasteiger partial charge in [0.05, 0.1) is 12.0 Å². The van der Waals surface area contributed by atoms with E-state index in [9.17, 15) is 4.79 Å². The number of hydrogen-bond donors (Lipinski definition) is 1. The second kappa shape index (κ2) is 10.4. The summed E-state index contributed by atoms with van der Waals surface area (Å²) in [4.78, 5) is 11.1. The summed E-state index contributed by atoms with van der Waals surface area (Å²) in [5.74, 6) is -0.262. The van der Waals surface area contributed by atoms with Gasteiger partial charge in [0, 0.05) is 6.61 Å². The predicted octanol–water partition coefficient (Wildman–Crippen LogP) is 3.80. The van der Waals surface area contributed by atoms with Crippen molar-refractivity contribution in [3.63, 3.8) is 0 Å². The average molecular weight is 257 g/mol. The molecule has 0 aliphatic rings. The summed E-state index contributed by atoms with van der Waals surface area (Å²) < 4.78 is 5.94. The van der Waals surface area contributed by atoms with Gasteiger partial charge in [-0.15, -0.1) is 0 Å². The fourth-order valence-corrected chi connectivity index (χ4v) is 2.24. The number of ether oxygens (including phenoxy) is 1.